The third-order valence-corrected chi connectivity index (χ3v) is 3.46. The monoisotopic (exact) mass is 247 g/mol. The molecule has 4 nitrogen and oxygen atoms in total. The van der Waals surface area contributed by atoms with Crippen molar-refractivity contribution in [1.82, 2.24) is 5.32 Å². The Balaban J connectivity index is 2.38. The number of rotatable bonds is 4. The van der Waals surface area contributed by atoms with Crippen LogP contribution in [-0.2, 0) is 17.8 Å². The van der Waals surface area contributed by atoms with E-state index < -0.39 is 0 Å². The standard InChI is InChI=1S/C14H21N3O/c1-14(2,9-15)17-12-5-4-10(8-16-3)6-11(12)7-13(17)18/h4-6,16H,7-9,15H2,1-3H3. The molecule has 0 unspecified atom stereocenters. The molecule has 18 heavy (non-hydrogen) atoms. The summed E-state index contributed by atoms with van der Waals surface area (Å²) in [7, 11) is 1.92. The molecule has 3 N–H and O–H groups in total. The number of carbonyl (C=O) groups excluding carboxylic acids is 1. The summed E-state index contributed by atoms with van der Waals surface area (Å²) in [5.41, 5.74) is 8.77. The van der Waals surface area contributed by atoms with Crippen molar-refractivity contribution in [2.45, 2.75) is 32.4 Å². The molecule has 0 aliphatic carbocycles. The van der Waals surface area contributed by atoms with Gasteiger partial charge in [-0.25, -0.2) is 0 Å². The van der Waals surface area contributed by atoms with Gasteiger partial charge in [0.05, 0.1) is 12.0 Å². The third kappa shape index (κ3) is 2.13. The van der Waals surface area contributed by atoms with Crippen LogP contribution < -0.4 is 16.0 Å². The molecule has 1 heterocycles. The Morgan fingerprint density at radius 3 is 2.78 bits per heavy atom. The lowest BCUT2D eigenvalue weighted by molar-refractivity contribution is -0.118. The SMILES string of the molecule is CNCc1ccc2c(c1)CC(=O)N2C(C)(C)CN. The van der Waals surface area contributed by atoms with E-state index in [2.05, 4.69) is 17.4 Å². The molecular weight excluding hydrogens is 226 g/mol. The van der Waals surface area contributed by atoms with Crippen molar-refractivity contribution in [2.75, 3.05) is 18.5 Å². The molecule has 0 saturated carbocycles. The summed E-state index contributed by atoms with van der Waals surface area (Å²) < 4.78 is 0. The molecule has 1 aliphatic heterocycles. The van der Waals surface area contributed by atoms with Crippen LogP contribution in [0.15, 0.2) is 18.2 Å². The second kappa shape index (κ2) is 4.71. The Hall–Kier alpha value is -1.39. The minimum atomic E-state index is -0.327. The first-order valence-corrected chi connectivity index (χ1v) is 6.29. The molecule has 2 rings (SSSR count). The van der Waals surface area contributed by atoms with E-state index in [1.165, 1.54) is 5.56 Å². The zero-order valence-corrected chi connectivity index (χ0v) is 11.3. The lowest BCUT2D eigenvalue weighted by Crippen LogP contribution is -2.51. The topological polar surface area (TPSA) is 58.4 Å². The first kappa shape index (κ1) is 13.1. The van der Waals surface area contributed by atoms with Gasteiger partial charge in [0.1, 0.15) is 0 Å². The van der Waals surface area contributed by atoms with Crippen LogP contribution in [0.2, 0.25) is 0 Å². The number of hydrogen-bond acceptors (Lipinski definition) is 3. The molecule has 0 aromatic heterocycles. The highest BCUT2D eigenvalue weighted by Gasteiger charge is 2.37. The Morgan fingerprint density at radius 2 is 2.17 bits per heavy atom. The van der Waals surface area contributed by atoms with Crippen LogP contribution in [-0.4, -0.2) is 25.0 Å². The summed E-state index contributed by atoms with van der Waals surface area (Å²) in [6, 6.07) is 6.20. The molecule has 0 spiro atoms. The molecule has 98 valence electrons. The molecule has 0 fully saturated rings. The Bertz CT molecular complexity index is 468. The molecule has 1 aromatic rings. The number of anilines is 1. The fourth-order valence-electron chi connectivity index (χ4n) is 2.44. The predicted octanol–water partition coefficient (Wildman–Crippen LogP) is 1.03. The molecular formula is C14H21N3O. The molecule has 0 bridgehead atoms. The smallest absolute Gasteiger partial charge is 0.232 e. The van der Waals surface area contributed by atoms with Crippen molar-refractivity contribution in [3.63, 3.8) is 0 Å². The van der Waals surface area contributed by atoms with E-state index in [0.29, 0.717) is 13.0 Å². The van der Waals surface area contributed by atoms with Crippen molar-refractivity contribution >= 4 is 11.6 Å². The zero-order chi connectivity index (χ0) is 13.3. The van der Waals surface area contributed by atoms with Crippen molar-refractivity contribution in [3.8, 4) is 0 Å². The maximum Gasteiger partial charge on any atom is 0.232 e. The van der Waals surface area contributed by atoms with Crippen LogP contribution in [0.4, 0.5) is 5.69 Å². The molecule has 0 atom stereocenters. The second-order valence-corrected chi connectivity index (χ2v) is 5.42. The number of benzene rings is 1. The number of carbonyl (C=O) groups is 1. The first-order chi connectivity index (χ1) is 8.49. The van der Waals surface area contributed by atoms with Crippen LogP contribution in [0.1, 0.15) is 25.0 Å². The van der Waals surface area contributed by atoms with E-state index >= 15 is 0 Å². The number of hydrogen-bond donors (Lipinski definition) is 2. The predicted molar refractivity (Wildman–Crippen MR) is 73.5 cm³/mol. The van der Waals surface area contributed by atoms with Gasteiger partial charge in [0.2, 0.25) is 5.91 Å². The van der Waals surface area contributed by atoms with Gasteiger partial charge in [0.25, 0.3) is 0 Å². The largest absolute Gasteiger partial charge is 0.328 e. The van der Waals surface area contributed by atoms with Gasteiger partial charge in [0, 0.05) is 18.8 Å². The van der Waals surface area contributed by atoms with Crippen molar-refractivity contribution in [1.29, 1.82) is 0 Å². The average molecular weight is 247 g/mol. The molecule has 4 heteroatoms. The average Bonchev–Trinajstić information content (AvgIpc) is 2.65. The van der Waals surface area contributed by atoms with Crippen molar-refractivity contribution in [3.05, 3.63) is 29.3 Å². The highest BCUT2D eigenvalue weighted by atomic mass is 16.2. The summed E-state index contributed by atoms with van der Waals surface area (Å²) in [5.74, 6) is 0.141. The van der Waals surface area contributed by atoms with E-state index in [0.717, 1.165) is 17.8 Å². The number of nitrogens with one attached hydrogen (secondary N) is 1. The summed E-state index contributed by atoms with van der Waals surface area (Å²) >= 11 is 0. The van der Waals surface area contributed by atoms with Gasteiger partial charge >= 0.3 is 0 Å². The normalized spacial score (nSPS) is 15.1. The molecule has 0 saturated heterocycles. The highest BCUT2D eigenvalue weighted by molar-refractivity contribution is 6.02. The second-order valence-electron chi connectivity index (χ2n) is 5.42. The van der Waals surface area contributed by atoms with Gasteiger partial charge in [-0.1, -0.05) is 12.1 Å². The number of fused-ring (bicyclic) bond motifs is 1. The summed E-state index contributed by atoms with van der Waals surface area (Å²) in [6.07, 6.45) is 0.482. The lowest BCUT2D eigenvalue weighted by atomic mass is 10.0. The number of amides is 1. The van der Waals surface area contributed by atoms with E-state index in [1.807, 2.05) is 31.9 Å². The van der Waals surface area contributed by atoms with E-state index in [-0.39, 0.29) is 11.4 Å². The van der Waals surface area contributed by atoms with Gasteiger partial charge in [-0.3, -0.25) is 4.79 Å². The van der Waals surface area contributed by atoms with E-state index in [1.54, 1.807) is 0 Å². The molecule has 0 radical (unpaired) electrons. The zero-order valence-electron chi connectivity index (χ0n) is 11.3. The molecule has 1 aromatic carbocycles. The van der Waals surface area contributed by atoms with Crippen LogP contribution in [0.3, 0.4) is 0 Å². The molecule has 1 aliphatic rings. The van der Waals surface area contributed by atoms with Gasteiger partial charge in [-0.15, -0.1) is 0 Å². The Kier molecular flexibility index (Phi) is 3.41. The van der Waals surface area contributed by atoms with Gasteiger partial charge in [-0.2, -0.15) is 0 Å². The highest BCUT2D eigenvalue weighted by Crippen LogP contribution is 2.34. The minimum Gasteiger partial charge on any atom is -0.328 e. The Labute approximate surface area is 108 Å². The van der Waals surface area contributed by atoms with Crippen LogP contribution in [0, 0.1) is 0 Å². The summed E-state index contributed by atoms with van der Waals surface area (Å²) in [4.78, 5) is 14.0. The number of nitrogens with two attached hydrogens (primary N) is 1. The van der Waals surface area contributed by atoms with Gasteiger partial charge in [-0.05, 0) is 38.1 Å². The quantitative estimate of drug-likeness (QED) is 0.835. The molecule has 1 amide bonds. The van der Waals surface area contributed by atoms with Crippen LogP contribution in [0.25, 0.3) is 0 Å². The van der Waals surface area contributed by atoms with Crippen LogP contribution >= 0.6 is 0 Å². The maximum absolute atomic E-state index is 12.2. The van der Waals surface area contributed by atoms with E-state index in [9.17, 15) is 4.79 Å². The van der Waals surface area contributed by atoms with Crippen molar-refractivity contribution in [2.24, 2.45) is 5.73 Å². The fraction of sp³-hybridized carbons (Fsp3) is 0.500. The fourth-order valence-corrected chi connectivity index (χ4v) is 2.44. The Morgan fingerprint density at radius 1 is 1.44 bits per heavy atom. The van der Waals surface area contributed by atoms with Crippen molar-refractivity contribution < 1.29 is 4.79 Å². The summed E-state index contributed by atoms with van der Waals surface area (Å²) in [5, 5.41) is 3.12. The van der Waals surface area contributed by atoms with Gasteiger partial charge < -0.3 is 16.0 Å². The first-order valence-electron chi connectivity index (χ1n) is 6.29. The summed E-state index contributed by atoms with van der Waals surface area (Å²) in [6.45, 7) is 5.28. The number of nitrogens with zero attached hydrogens (tertiary/aromatic N) is 1. The third-order valence-electron chi connectivity index (χ3n) is 3.46. The minimum absolute atomic E-state index is 0.141. The van der Waals surface area contributed by atoms with E-state index in [4.69, 9.17) is 5.73 Å². The van der Waals surface area contributed by atoms with Gasteiger partial charge in [0.15, 0.2) is 0 Å². The lowest BCUT2D eigenvalue weighted by Gasteiger charge is -2.35. The van der Waals surface area contributed by atoms with Crippen LogP contribution in [0.5, 0.6) is 0 Å². The maximum atomic E-state index is 12.2.